The summed E-state index contributed by atoms with van der Waals surface area (Å²) >= 11 is 1.86. The van der Waals surface area contributed by atoms with Gasteiger partial charge in [-0.3, -0.25) is 14.8 Å². The maximum Gasteiger partial charge on any atom is 0.191 e. The van der Waals surface area contributed by atoms with Gasteiger partial charge in [-0.2, -0.15) is 0 Å². The molecule has 2 aliphatic rings. The average Bonchev–Trinajstić information content (AvgIpc) is 3.11. The molecule has 1 atom stereocenters. The summed E-state index contributed by atoms with van der Waals surface area (Å²) in [6.45, 7) is 9.96. The third-order valence-corrected chi connectivity index (χ3v) is 6.45. The first-order chi connectivity index (χ1) is 12.7. The number of thiophene rings is 1. The van der Waals surface area contributed by atoms with E-state index in [4.69, 9.17) is 0 Å². The number of guanidine groups is 1. The van der Waals surface area contributed by atoms with E-state index in [9.17, 15) is 0 Å². The van der Waals surface area contributed by atoms with E-state index in [1.807, 2.05) is 18.4 Å². The lowest BCUT2D eigenvalue weighted by atomic mass is 10.2. The minimum Gasteiger partial charge on any atom is -0.355 e. The van der Waals surface area contributed by atoms with E-state index in [-0.39, 0.29) is 24.0 Å². The molecular formula is C20H36IN5S. The summed E-state index contributed by atoms with van der Waals surface area (Å²) in [6.07, 6.45) is 5.37. The summed E-state index contributed by atoms with van der Waals surface area (Å²) in [5.41, 5.74) is 0. The van der Waals surface area contributed by atoms with Gasteiger partial charge >= 0.3 is 0 Å². The zero-order valence-corrected chi connectivity index (χ0v) is 20.1. The van der Waals surface area contributed by atoms with Gasteiger partial charge in [-0.1, -0.05) is 6.07 Å². The summed E-state index contributed by atoms with van der Waals surface area (Å²) < 4.78 is 0. The van der Waals surface area contributed by atoms with Crippen molar-refractivity contribution in [1.82, 2.24) is 20.4 Å². The van der Waals surface area contributed by atoms with Gasteiger partial charge in [-0.25, -0.2) is 0 Å². The molecule has 1 aromatic heterocycles. The topological polar surface area (TPSA) is 42.9 Å². The van der Waals surface area contributed by atoms with Crippen LogP contribution in [0.1, 0.15) is 50.4 Å². The van der Waals surface area contributed by atoms with E-state index in [0.29, 0.717) is 12.1 Å². The summed E-state index contributed by atoms with van der Waals surface area (Å²) in [7, 11) is 1.87. The van der Waals surface area contributed by atoms with Crippen LogP contribution in [0.2, 0.25) is 0 Å². The van der Waals surface area contributed by atoms with Gasteiger partial charge in [0.1, 0.15) is 0 Å². The van der Waals surface area contributed by atoms with Crippen LogP contribution in [0, 0.1) is 0 Å². The largest absolute Gasteiger partial charge is 0.355 e. The Morgan fingerprint density at radius 1 is 1.30 bits per heavy atom. The fourth-order valence-electron chi connectivity index (χ4n) is 3.93. The number of halogens is 1. The Morgan fingerprint density at radius 2 is 2.04 bits per heavy atom. The highest BCUT2D eigenvalue weighted by Crippen LogP contribution is 2.28. The highest BCUT2D eigenvalue weighted by Gasteiger charge is 2.30. The minimum absolute atomic E-state index is 0. The summed E-state index contributed by atoms with van der Waals surface area (Å²) in [6, 6.07) is 6.31. The molecule has 0 spiro atoms. The molecule has 1 saturated heterocycles. The van der Waals surface area contributed by atoms with Gasteiger partial charge in [0.15, 0.2) is 5.96 Å². The van der Waals surface area contributed by atoms with Crippen LogP contribution in [-0.4, -0.2) is 67.6 Å². The van der Waals surface area contributed by atoms with Crippen molar-refractivity contribution in [3.8, 4) is 0 Å². The molecule has 7 heteroatoms. The number of nitrogens with zero attached hydrogens (tertiary/aromatic N) is 3. The number of nitrogens with one attached hydrogen (secondary N) is 2. The van der Waals surface area contributed by atoms with Crippen LogP contribution in [0.15, 0.2) is 22.5 Å². The van der Waals surface area contributed by atoms with Crippen molar-refractivity contribution in [1.29, 1.82) is 0 Å². The molecule has 1 aliphatic heterocycles. The normalized spacial score (nSPS) is 19.4. The summed E-state index contributed by atoms with van der Waals surface area (Å²) in [5.74, 6) is 0.922. The standard InChI is InChI=1S/C20H35N5S.HI/c1-16(2)25(17-8-9-17)13-10-22-20(21-3)23-15-18(19-7-6-14-26-19)24-11-4-5-12-24;/h6-7,14,16-18H,4-5,8-13,15H2,1-3H3,(H2,21,22,23);1H. The maximum absolute atomic E-state index is 4.43. The second kappa shape index (κ2) is 11.6. The van der Waals surface area contributed by atoms with Crippen molar-refractivity contribution in [3.63, 3.8) is 0 Å². The average molecular weight is 506 g/mol. The Kier molecular flexibility index (Phi) is 9.82. The lowest BCUT2D eigenvalue weighted by molar-refractivity contribution is 0.214. The molecule has 1 unspecified atom stereocenters. The summed E-state index contributed by atoms with van der Waals surface area (Å²) in [4.78, 5) is 11.1. The Hall–Kier alpha value is -0.380. The monoisotopic (exact) mass is 505 g/mol. The van der Waals surface area contributed by atoms with Crippen LogP contribution in [0.4, 0.5) is 0 Å². The number of hydrogen-bond acceptors (Lipinski definition) is 4. The molecule has 0 aromatic carbocycles. The van der Waals surface area contributed by atoms with Gasteiger partial charge in [-0.05, 0) is 64.1 Å². The molecular weight excluding hydrogens is 469 g/mol. The predicted molar refractivity (Wildman–Crippen MR) is 128 cm³/mol. The molecule has 2 N–H and O–H groups in total. The van der Waals surface area contributed by atoms with Gasteiger partial charge in [0.05, 0.1) is 6.04 Å². The van der Waals surface area contributed by atoms with Crippen molar-refractivity contribution < 1.29 is 0 Å². The molecule has 1 saturated carbocycles. The van der Waals surface area contributed by atoms with Gasteiger partial charge in [-0.15, -0.1) is 35.3 Å². The molecule has 5 nitrogen and oxygen atoms in total. The van der Waals surface area contributed by atoms with Gasteiger partial charge < -0.3 is 10.6 Å². The summed E-state index contributed by atoms with van der Waals surface area (Å²) in [5, 5.41) is 9.26. The second-order valence-corrected chi connectivity index (χ2v) is 8.70. The highest BCUT2D eigenvalue weighted by atomic mass is 127. The van der Waals surface area contributed by atoms with Crippen LogP contribution in [0.5, 0.6) is 0 Å². The van der Waals surface area contributed by atoms with Crippen molar-refractivity contribution in [3.05, 3.63) is 22.4 Å². The van der Waals surface area contributed by atoms with Crippen LogP contribution in [0.3, 0.4) is 0 Å². The zero-order chi connectivity index (χ0) is 18.4. The van der Waals surface area contributed by atoms with E-state index in [1.165, 1.54) is 43.6 Å². The van der Waals surface area contributed by atoms with E-state index < -0.39 is 0 Å². The van der Waals surface area contributed by atoms with E-state index in [2.05, 4.69) is 56.8 Å². The Labute approximate surface area is 186 Å². The van der Waals surface area contributed by atoms with Crippen molar-refractivity contribution in [2.24, 2.45) is 4.99 Å². The van der Waals surface area contributed by atoms with Crippen molar-refractivity contribution >= 4 is 41.3 Å². The minimum atomic E-state index is 0. The Morgan fingerprint density at radius 3 is 2.59 bits per heavy atom. The number of rotatable bonds is 9. The molecule has 2 heterocycles. The fourth-order valence-corrected chi connectivity index (χ4v) is 4.79. The molecule has 0 amide bonds. The SMILES string of the molecule is CN=C(NCCN(C(C)C)C1CC1)NCC(c1cccs1)N1CCCC1.I. The van der Waals surface area contributed by atoms with Gasteiger partial charge in [0, 0.05) is 43.6 Å². The Balaban J connectivity index is 0.00000261. The van der Waals surface area contributed by atoms with Gasteiger partial charge in [0.25, 0.3) is 0 Å². The zero-order valence-electron chi connectivity index (χ0n) is 17.0. The van der Waals surface area contributed by atoms with Crippen molar-refractivity contribution in [2.45, 2.75) is 57.7 Å². The lowest BCUT2D eigenvalue weighted by Crippen LogP contribution is -2.46. The van der Waals surface area contributed by atoms with Crippen LogP contribution < -0.4 is 10.6 Å². The third-order valence-electron chi connectivity index (χ3n) is 5.48. The van der Waals surface area contributed by atoms with Crippen LogP contribution in [-0.2, 0) is 0 Å². The lowest BCUT2D eigenvalue weighted by Gasteiger charge is -2.28. The first kappa shape index (κ1) is 22.9. The fraction of sp³-hybridized carbons (Fsp3) is 0.750. The maximum atomic E-state index is 4.43. The first-order valence-corrected chi connectivity index (χ1v) is 11.0. The predicted octanol–water partition coefficient (Wildman–Crippen LogP) is 3.54. The van der Waals surface area contributed by atoms with Crippen LogP contribution in [0.25, 0.3) is 0 Å². The molecule has 0 radical (unpaired) electrons. The van der Waals surface area contributed by atoms with E-state index in [0.717, 1.165) is 31.6 Å². The number of aliphatic imine (C=N–C) groups is 1. The molecule has 0 bridgehead atoms. The first-order valence-electron chi connectivity index (χ1n) is 10.2. The van der Waals surface area contributed by atoms with E-state index >= 15 is 0 Å². The molecule has 1 aliphatic carbocycles. The highest BCUT2D eigenvalue weighted by molar-refractivity contribution is 14.0. The molecule has 27 heavy (non-hydrogen) atoms. The molecule has 1 aromatic rings. The molecule has 2 fully saturated rings. The smallest absolute Gasteiger partial charge is 0.191 e. The second-order valence-electron chi connectivity index (χ2n) is 7.72. The van der Waals surface area contributed by atoms with E-state index in [1.54, 1.807) is 0 Å². The molecule has 154 valence electrons. The third kappa shape index (κ3) is 6.87. The molecule has 3 rings (SSSR count). The Bertz CT molecular complexity index is 551. The van der Waals surface area contributed by atoms with Gasteiger partial charge in [0.2, 0.25) is 0 Å². The quantitative estimate of drug-likeness (QED) is 0.306. The van der Waals surface area contributed by atoms with Crippen LogP contribution >= 0.6 is 35.3 Å². The number of hydrogen-bond donors (Lipinski definition) is 2. The van der Waals surface area contributed by atoms with Crippen molar-refractivity contribution in [2.75, 3.05) is 39.8 Å². The number of likely N-dealkylation sites (tertiary alicyclic amines) is 1.